The smallest absolute Gasteiger partial charge is 0.221 e. The molecule has 0 spiro atoms. The zero-order valence-corrected chi connectivity index (χ0v) is 13.4. The van der Waals surface area contributed by atoms with Crippen LogP contribution in [0.25, 0.3) is 0 Å². The number of benzene rings is 1. The third-order valence-corrected chi connectivity index (χ3v) is 2.70. The van der Waals surface area contributed by atoms with Crippen molar-refractivity contribution < 1.29 is 14.4 Å². The summed E-state index contributed by atoms with van der Waals surface area (Å²) in [7, 11) is 0. The quantitative estimate of drug-likeness (QED) is 0.781. The Labute approximate surface area is 130 Å². The van der Waals surface area contributed by atoms with Crippen molar-refractivity contribution >= 4 is 34.8 Å². The van der Waals surface area contributed by atoms with Gasteiger partial charge in [-0.05, 0) is 30.0 Å². The van der Waals surface area contributed by atoms with E-state index in [-0.39, 0.29) is 23.6 Å². The van der Waals surface area contributed by atoms with Gasteiger partial charge in [0.1, 0.15) is 0 Å². The summed E-state index contributed by atoms with van der Waals surface area (Å²) in [6.45, 7) is 10.0. The van der Waals surface area contributed by atoms with Gasteiger partial charge in [-0.2, -0.15) is 0 Å². The topological polar surface area (TPSA) is 87.3 Å². The summed E-state index contributed by atoms with van der Waals surface area (Å²) in [4.78, 5) is 34.2. The third kappa shape index (κ3) is 5.55. The highest BCUT2D eigenvalue weighted by atomic mass is 16.2. The summed E-state index contributed by atoms with van der Waals surface area (Å²) in [6.07, 6.45) is 0.680. The van der Waals surface area contributed by atoms with Gasteiger partial charge in [-0.25, -0.2) is 0 Å². The maximum atomic E-state index is 11.4. The van der Waals surface area contributed by atoms with E-state index in [9.17, 15) is 14.4 Å². The second-order valence-electron chi connectivity index (χ2n) is 5.42. The lowest BCUT2D eigenvalue weighted by atomic mass is 10.0. The molecule has 1 aromatic rings. The van der Waals surface area contributed by atoms with Crippen molar-refractivity contribution in [2.75, 3.05) is 16.0 Å². The molecule has 22 heavy (non-hydrogen) atoms. The van der Waals surface area contributed by atoms with Crippen LogP contribution in [0.1, 0.15) is 33.3 Å². The molecule has 1 radical (unpaired) electrons. The molecule has 0 bridgehead atoms. The van der Waals surface area contributed by atoms with Crippen LogP contribution in [0.15, 0.2) is 12.1 Å². The maximum Gasteiger partial charge on any atom is 0.221 e. The number of rotatable bonds is 5. The van der Waals surface area contributed by atoms with Gasteiger partial charge in [-0.15, -0.1) is 0 Å². The van der Waals surface area contributed by atoms with Crippen LogP contribution in [0.5, 0.6) is 0 Å². The molecule has 1 rings (SSSR count). The fourth-order valence-electron chi connectivity index (χ4n) is 2.11. The Morgan fingerprint density at radius 1 is 0.955 bits per heavy atom. The van der Waals surface area contributed by atoms with Gasteiger partial charge in [-0.3, -0.25) is 14.4 Å². The highest BCUT2D eigenvalue weighted by molar-refractivity contribution is 6.05. The van der Waals surface area contributed by atoms with Crippen molar-refractivity contribution in [3.05, 3.63) is 24.6 Å². The minimum absolute atomic E-state index is 0.168. The lowest BCUT2D eigenvalue weighted by Crippen LogP contribution is -2.16. The lowest BCUT2D eigenvalue weighted by molar-refractivity contribution is -0.115. The number of hydrogen-bond donors (Lipinski definition) is 3. The van der Waals surface area contributed by atoms with E-state index in [1.54, 1.807) is 12.1 Å². The molecule has 0 aliphatic carbocycles. The summed E-state index contributed by atoms with van der Waals surface area (Å²) in [5.74, 6) is -0.654. The van der Waals surface area contributed by atoms with Gasteiger partial charge in [0.15, 0.2) is 0 Å². The number of anilines is 3. The molecular formula is C16H22N3O3. The van der Waals surface area contributed by atoms with Crippen LogP contribution in [0, 0.1) is 12.8 Å². The number of hydrogen-bond acceptors (Lipinski definition) is 3. The summed E-state index contributed by atoms with van der Waals surface area (Å²) < 4.78 is 0. The average Bonchev–Trinajstić information content (AvgIpc) is 2.30. The fraction of sp³-hybridized carbons (Fsp3) is 0.375. The van der Waals surface area contributed by atoms with Gasteiger partial charge in [0.25, 0.3) is 0 Å². The first-order valence-electron chi connectivity index (χ1n) is 7.01. The van der Waals surface area contributed by atoms with E-state index in [0.29, 0.717) is 23.5 Å². The number of carbonyl (C=O) groups is 3. The van der Waals surface area contributed by atoms with E-state index < -0.39 is 0 Å². The van der Waals surface area contributed by atoms with Crippen molar-refractivity contribution in [1.82, 2.24) is 0 Å². The summed E-state index contributed by atoms with van der Waals surface area (Å²) in [6, 6.07) is 3.55. The molecule has 1 unspecified atom stereocenters. The van der Waals surface area contributed by atoms with Crippen LogP contribution in [-0.4, -0.2) is 17.7 Å². The van der Waals surface area contributed by atoms with Gasteiger partial charge >= 0.3 is 0 Å². The summed E-state index contributed by atoms with van der Waals surface area (Å²) >= 11 is 0. The van der Waals surface area contributed by atoms with E-state index in [0.717, 1.165) is 5.56 Å². The highest BCUT2D eigenvalue weighted by Gasteiger charge is 2.15. The van der Waals surface area contributed by atoms with Gasteiger partial charge in [0.2, 0.25) is 17.7 Å². The molecule has 1 aromatic carbocycles. The molecule has 0 heterocycles. The van der Waals surface area contributed by atoms with Crippen molar-refractivity contribution in [3.63, 3.8) is 0 Å². The molecule has 6 heteroatoms. The maximum absolute atomic E-state index is 11.4. The van der Waals surface area contributed by atoms with Crippen LogP contribution < -0.4 is 16.0 Å². The number of amides is 3. The first-order valence-corrected chi connectivity index (χ1v) is 7.01. The third-order valence-electron chi connectivity index (χ3n) is 2.70. The van der Waals surface area contributed by atoms with Crippen LogP contribution >= 0.6 is 0 Å². The first-order chi connectivity index (χ1) is 10.2. The normalized spacial score (nSPS) is 10.3. The van der Waals surface area contributed by atoms with Gasteiger partial charge < -0.3 is 16.0 Å². The van der Waals surface area contributed by atoms with Gasteiger partial charge in [-0.1, -0.05) is 13.8 Å². The Balaban J connectivity index is 3.41. The zero-order chi connectivity index (χ0) is 16.9. The fourth-order valence-corrected chi connectivity index (χ4v) is 2.11. The Morgan fingerprint density at radius 2 is 1.36 bits per heavy atom. The molecule has 119 valence electrons. The Morgan fingerprint density at radius 3 is 1.68 bits per heavy atom. The van der Waals surface area contributed by atoms with Crippen LogP contribution in [0.4, 0.5) is 17.1 Å². The minimum atomic E-state index is -0.295. The summed E-state index contributed by atoms with van der Waals surface area (Å²) in [5, 5.41) is 8.01. The standard InChI is InChI=1S/C16H22N3O3/c1-9(2)6-13-7-14(17-10(3)20)16(19-12(5)22)15(8-13)18-11(4)21/h7-9H,1,6H2,2-5H3,(H,17,20)(H,18,21)(H,19,22). The average molecular weight is 304 g/mol. The van der Waals surface area contributed by atoms with Crippen molar-refractivity contribution in [3.8, 4) is 0 Å². The van der Waals surface area contributed by atoms with Gasteiger partial charge in [0, 0.05) is 20.8 Å². The van der Waals surface area contributed by atoms with Crippen molar-refractivity contribution in [1.29, 1.82) is 0 Å². The van der Waals surface area contributed by atoms with Gasteiger partial charge in [0.05, 0.1) is 17.1 Å². The molecule has 3 N–H and O–H groups in total. The molecule has 0 aliphatic rings. The zero-order valence-electron chi connectivity index (χ0n) is 13.4. The number of nitrogens with one attached hydrogen (secondary N) is 3. The molecule has 3 amide bonds. The van der Waals surface area contributed by atoms with E-state index in [1.807, 2.05) is 6.92 Å². The second kappa shape index (κ2) is 7.59. The second-order valence-corrected chi connectivity index (χ2v) is 5.42. The molecule has 0 saturated heterocycles. The van der Waals surface area contributed by atoms with Crippen LogP contribution in [-0.2, 0) is 20.8 Å². The van der Waals surface area contributed by atoms with E-state index in [2.05, 4.69) is 22.9 Å². The largest absolute Gasteiger partial charge is 0.324 e. The van der Waals surface area contributed by atoms with E-state index >= 15 is 0 Å². The molecular weight excluding hydrogens is 282 g/mol. The SMILES string of the molecule is [CH2]C(C)Cc1cc(NC(C)=O)c(NC(C)=O)c(NC(C)=O)c1. The Hall–Kier alpha value is -2.37. The lowest BCUT2D eigenvalue weighted by Gasteiger charge is -2.18. The Kier molecular flexibility index (Phi) is 6.10. The minimum Gasteiger partial charge on any atom is -0.324 e. The number of carbonyl (C=O) groups excluding carboxylic acids is 3. The van der Waals surface area contributed by atoms with E-state index in [4.69, 9.17) is 0 Å². The molecule has 0 fully saturated rings. The van der Waals surface area contributed by atoms with Crippen molar-refractivity contribution in [2.24, 2.45) is 5.92 Å². The summed E-state index contributed by atoms with van der Waals surface area (Å²) in [5.41, 5.74) is 2.18. The molecule has 0 aliphatic heterocycles. The van der Waals surface area contributed by atoms with Crippen LogP contribution in [0.2, 0.25) is 0 Å². The first kappa shape index (κ1) is 17.7. The van der Waals surface area contributed by atoms with E-state index in [1.165, 1.54) is 20.8 Å². The van der Waals surface area contributed by atoms with Crippen LogP contribution in [0.3, 0.4) is 0 Å². The Bertz CT molecular complexity index is 557. The molecule has 6 nitrogen and oxygen atoms in total. The predicted molar refractivity (Wildman–Crippen MR) is 87.6 cm³/mol. The van der Waals surface area contributed by atoms with Crippen molar-refractivity contribution in [2.45, 2.75) is 34.1 Å². The molecule has 0 aromatic heterocycles. The highest BCUT2D eigenvalue weighted by Crippen LogP contribution is 2.33. The monoisotopic (exact) mass is 304 g/mol. The molecule has 0 saturated carbocycles. The predicted octanol–water partition coefficient (Wildman–Crippen LogP) is 2.57. The molecule has 1 atom stereocenters.